The van der Waals surface area contributed by atoms with E-state index in [1.165, 1.54) is 6.07 Å². The van der Waals surface area contributed by atoms with Crippen LogP contribution in [-0.2, 0) is 27.2 Å². The number of carbonyl (C=O) groups is 1. The van der Waals surface area contributed by atoms with Gasteiger partial charge in [0.25, 0.3) is 5.56 Å². The summed E-state index contributed by atoms with van der Waals surface area (Å²) >= 11 is 6.68. The summed E-state index contributed by atoms with van der Waals surface area (Å²) in [5, 5.41) is 0. The van der Waals surface area contributed by atoms with Crippen LogP contribution >= 0.6 is 31.9 Å². The molecule has 0 atom stereocenters. The van der Waals surface area contributed by atoms with Crippen LogP contribution < -0.4 is 5.56 Å². The lowest BCUT2D eigenvalue weighted by molar-refractivity contribution is -0.114. The molecule has 0 unspecified atom stereocenters. The van der Waals surface area contributed by atoms with Crippen LogP contribution in [0.15, 0.2) is 56.5 Å². The maximum Gasteiger partial charge on any atom is 0.251 e. The summed E-state index contributed by atoms with van der Waals surface area (Å²) in [5.74, 6) is 0.141. The number of fused-ring (bicyclic) bond motifs is 2. The second-order valence-electron chi connectivity index (χ2n) is 6.69. The number of carbonyl (C=O) groups excluding carboxylic acids is 1. The lowest BCUT2D eigenvalue weighted by Crippen LogP contribution is -2.27. The highest BCUT2D eigenvalue weighted by molar-refractivity contribution is 9.10. The molecule has 5 rings (SSSR count). The molecule has 3 aromatic heterocycles. The fraction of sp³-hybridized carbons (Fsp3) is 0.238. The number of aromatic nitrogens is 3. The van der Waals surface area contributed by atoms with Gasteiger partial charge in [0.05, 0.1) is 36.5 Å². The maximum absolute atomic E-state index is 11.9. The first-order chi connectivity index (χ1) is 14.5. The summed E-state index contributed by atoms with van der Waals surface area (Å²) < 4.78 is 14.1. The number of allylic oxidation sites excluding steroid dienone is 1. The molecule has 1 aliphatic carbocycles. The molecule has 1 fully saturated rings. The second-order valence-corrected chi connectivity index (χ2v) is 8.52. The zero-order chi connectivity index (χ0) is 21.1. The summed E-state index contributed by atoms with van der Waals surface area (Å²) in [6.45, 7) is 1.53. The highest BCUT2D eigenvalue weighted by Gasteiger charge is 2.18. The van der Waals surface area contributed by atoms with Gasteiger partial charge in [-0.2, -0.15) is 0 Å². The molecule has 1 aliphatic heterocycles. The minimum absolute atomic E-state index is 0.0819. The smallest absolute Gasteiger partial charge is 0.251 e. The Kier molecular flexibility index (Phi) is 6.52. The van der Waals surface area contributed by atoms with Crippen LogP contribution in [0.5, 0.6) is 0 Å². The zero-order valence-electron chi connectivity index (χ0n) is 15.8. The number of nitrogens with zero attached hydrogens (tertiary/aromatic N) is 3. The van der Waals surface area contributed by atoms with Crippen molar-refractivity contribution in [1.82, 2.24) is 14.5 Å². The van der Waals surface area contributed by atoms with Crippen molar-refractivity contribution in [3.63, 3.8) is 0 Å². The van der Waals surface area contributed by atoms with Crippen molar-refractivity contribution in [2.24, 2.45) is 0 Å². The van der Waals surface area contributed by atoms with E-state index in [1.807, 2.05) is 12.1 Å². The molecule has 2 aliphatic rings. The van der Waals surface area contributed by atoms with E-state index in [0.717, 1.165) is 31.2 Å². The summed E-state index contributed by atoms with van der Waals surface area (Å²) in [5.41, 5.74) is 3.36. The first-order valence-corrected chi connectivity index (χ1v) is 10.8. The predicted octanol–water partition coefficient (Wildman–Crippen LogP) is 3.51. The minimum atomic E-state index is -0.354. The van der Waals surface area contributed by atoms with Gasteiger partial charge in [-0.15, -0.1) is 0 Å². The molecule has 1 saturated heterocycles. The number of halogens is 2. The van der Waals surface area contributed by atoms with Gasteiger partial charge >= 0.3 is 0 Å². The summed E-state index contributed by atoms with van der Waals surface area (Å²) in [6.07, 6.45) is 6.89. The molecule has 0 amide bonds. The van der Waals surface area contributed by atoms with Crippen LogP contribution in [0, 0.1) is 0 Å². The average Bonchev–Trinajstić information content (AvgIpc) is 3.24. The first-order valence-electron chi connectivity index (χ1n) is 9.23. The van der Waals surface area contributed by atoms with Crippen LogP contribution in [0.25, 0.3) is 17.1 Å². The first kappa shape index (κ1) is 21.0. The van der Waals surface area contributed by atoms with Gasteiger partial charge in [0.1, 0.15) is 0 Å². The Hall–Kier alpha value is -2.20. The van der Waals surface area contributed by atoms with E-state index in [-0.39, 0.29) is 17.6 Å². The van der Waals surface area contributed by atoms with E-state index in [4.69, 9.17) is 9.47 Å². The Balaban J connectivity index is 0.000000158. The molecule has 30 heavy (non-hydrogen) atoms. The lowest BCUT2D eigenvalue weighted by Gasteiger charge is -2.13. The van der Waals surface area contributed by atoms with Crippen LogP contribution in [0.4, 0.5) is 0 Å². The molecule has 0 saturated carbocycles. The van der Waals surface area contributed by atoms with Crippen LogP contribution in [0.2, 0.25) is 0 Å². The lowest BCUT2D eigenvalue weighted by atomic mass is 10.0. The number of ether oxygens (including phenoxy) is 2. The number of hydrogen-bond donors (Lipinski definition) is 0. The van der Waals surface area contributed by atoms with Crippen LogP contribution in [0.3, 0.4) is 0 Å². The van der Waals surface area contributed by atoms with Crippen molar-refractivity contribution in [3.05, 3.63) is 73.3 Å². The second kappa shape index (κ2) is 9.30. The van der Waals surface area contributed by atoms with E-state index >= 15 is 0 Å². The number of rotatable bonds is 2. The Morgan fingerprint density at radius 2 is 1.73 bits per heavy atom. The Labute approximate surface area is 189 Å². The number of hydrogen-bond acceptors (Lipinski definition) is 6. The molecule has 154 valence electrons. The highest BCUT2D eigenvalue weighted by atomic mass is 79.9. The van der Waals surface area contributed by atoms with Crippen molar-refractivity contribution < 1.29 is 14.3 Å². The summed E-state index contributed by atoms with van der Waals surface area (Å²) in [4.78, 5) is 31.4. The Bertz CT molecular complexity index is 1190. The quantitative estimate of drug-likeness (QED) is 0.500. The number of ketones is 1. The summed E-state index contributed by atoms with van der Waals surface area (Å²) in [7, 11) is 0. The van der Waals surface area contributed by atoms with E-state index in [0.29, 0.717) is 26.2 Å². The zero-order valence-corrected chi connectivity index (χ0v) is 18.9. The van der Waals surface area contributed by atoms with Gasteiger partial charge < -0.3 is 14.0 Å². The molecular formula is C21H17Br2N3O4. The molecule has 0 N–H and O–H groups in total. The molecule has 3 aromatic rings. The van der Waals surface area contributed by atoms with Crippen molar-refractivity contribution in [2.75, 3.05) is 13.2 Å². The fourth-order valence-electron chi connectivity index (χ4n) is 3.19. The third-order valence-corrected chi connectivity index (χ3v) is 5.45. The van der Waals surface area contributed by atoms with E-state index < -0.39 is 0 Å². The minimum Gasteiger partial charge on any atom is -0.348 e. The average molecular weight is 535 g/mol. The van der Waals surface area contributed by atoms with Crippen molar-refractivity contribution in [2.45, 2.75) is 19.3 Å². The number of pyridine rings is 3. The molecule has 4 heterocycles. The Morgan fingerprint density at radius 1 is 1.00 bits per heavy atom. The standard InChI is InChI=1S/C12H11BrN2O3.C9H6BrNO/c13-8-5-10-9(14-6-8)1-2-11(16)15(10)7-12-17-3-4-18-12;10-7-3-6-4-8(12)1-2-9(6)11-5-7/h1-2,5-6,12H,3-4,7H2;1-3,5H,4H2. The SMILES string of the molecule is O=C1C=Cc2ncc(Br)cc2C1.O=c1ccc2ncc(Br)cc2n1CC1OCCO1. The van der Waals surface area contributed by atoms with Crippen molar-refractivity contribution >= 4 is 54.8 Å². The van der Waals surface area contributed by atoms with Crippen molar-refractivity contribution in [3.8, 4) is 0 Å². The monoisotopic (exact) mass is 533 g/mol. The molecular weight excluding hydrogens is 518 g/mol. The van der Waals surface area contributed by atoms with Gasteiger partial charge in [-0.05, 0) is 67.8 Å². The Morgan fingerprint density at radius 3 is 2.53 bits per heavy atom. The fourth-order valence-corrected chi connectivity index (χ4v) is 3.89. The van der Waals surface area contributed by atoms with Crippen molar-refractivity contribution in [1.29, 1.82) is 0 Å². The van der Waals surface area contributed by atoms with Gasteiger partial charge in [-0.25, -0.2) is 0 Å². The predicted molar refractivity (Wildman–Crippen MR) is 119 cm³/mol. The van der Waals surface area contributed by atoms with Crippen LogP contribution in [-0.4, -0.2) is 39.8 Å². The molecule has 0 aromatic carbocycles. The van der Waals surface area contributed by atoms with E-state index in [1.54, 1.807) is 35.2 Å². The van der Waals surface area contributed by atoms with E-state index in [2.05, 4.69) is 41.8 Å². The van der Waals surface area contributed by atoms with Gasteiger partial charge in [0.15, 0.2) is 12.1 Å². The third kappa shape index (κ3) is 4.92. The molecule has 9 heteroatoms. The van der Waals surface area contributed by atoms with Gasteiger partial charge in [-0.1, -0.05) is 0 Å². The molecule has 0 radical (unpaired) electrons. The topological polar surface area (TPSA) is 83.3 Å². The maximum atomic E-state index is 11.9. The van der Waals surface area contributed by atoms with Crippen LogP contribution in [0.1, 0.15) is 11.3 Å². The van der Waals surface area contributed by atoms with E-state index in [9.17, 15) is 9.59 Å². The van der Waals surface area contributed by atoms with Gasteiger partial charge in [-0.3, -0.25) is 19.6 Å². The normalized spacial score (nSPS) is 15.7. The molecule has 0 spiro atoms. The van der Waals surface area contributed by atoms with Gasteiger partial charge in [0.2, 0.25) is 0 Å². The summed E-state index contributed by atoms with van der Waals surface area (Å²) in [6, 6.07) is 7.04. The largest absolute Gasteiger partial charge is 0.348 e. The van der Waals surface area contributed by atoms with Gasteiger partial charge in [0, 0.05) is 33.8 Å². The molecule has 0 bridgehead atoms. The molecule has 7 nitrogen and oxygen atoms in total. The highest BCUT2D eigenvalue weighted by Crippen LogP contribution is 2.19. The third-order valence-electron chi connectivity index (χ3n) is 4.59.